The molecule has 0 saturated carbocycles. The zero-order valence-corrected chi connectivity index (χ0v) is 18.1. The van der Waals surface area contributed by atoms with Crippen molar-refractivity contribution in [2.75, 3.05) is 31.1 Å². The molecular formula is C25H22ClN3O3. The first-order valence-electron chi connectivity index (χ1n) is 10.5. The second-order valence-electron chi connectivity index (χ2n) is 7.89. The van der Waals surface area contributed by atoms with Crippen molar-refractivity contribution in [2.45, 2.75) is 6.54 Å². The number of carbonyl (C=O) groups excluding carboxylic acids is 1. The topological polar surface area (TPSA) is 65.9 Å². The zero-order valence-electron chi connectivity index (χ0n) is 17.4. The second kappa shape index (κ2) is 8.65. The third kappa shape index (κ3) is 4.07. The number of phenolic OH excluding ortho intramolecular Hbond substituents is 1. The number of carbonyl (C=O) groups is 1. The molecule has 0 amide bonds. The van der Waals surface area contributed by atoms with Crippen molar-refractivity contribution >= 4 is 29.3 Å². The monoisotopic (exact) mass is 447 g/mol. The molecule has 1 fully saturated rings. The first-order valence-corrected chi connectivity index (χ1v) is 10.9. The number of ether oxygens (including phenoxy) is 1. The molecule has 0 atom stereocenters. The van der Waals surface area contributed by atoms with Gasteiger partial charge in [-0.3, -0.25) is 9.69 Å². The summed E-state index contributed by atoms with van der Waals surface area (Å²) < 4.78 is 5.97. The predicted molar refractivity (Wildman–Crippen MR) is 124 cm³/mol. The molecule has 0 bridgehead atoms. The van der Waals surface area contributed by atoms with Crippen molar-refractivity contribution in [3.63, 3.8) is 0 Å². The minimum absolute atomic E-state index is 0.132. The maximum Gasteiger partial charge on any atom is 0.231 e. The molecule has 2 aromatic carbocycles. The summed E-state index contributed by atoms with van der Waals surface area (Å²) in [6.07, 6.45) is 3.48. The number of aromatic nitrogens is 1. The quantitative estimate of drug-likeness (QED) is 0.599. The van der Waals surface area contributed by atoms with Crippen molar-refractivity contribution in [3.8, 4) is 11.5 Å². The Hall–Kier alpha value is -3.35. The molecular weight excluding hydrogens is 426 g/mol. The molecule has 2 aliphatic rings. The molecule has 32 heavy (non-hydrogen) atoms. The van der Waals surface area contributed by atoms with E-state index in [2.05, 4.69) is 14.8 Å². The van der Waals surface area contributed by atoms with Crippen molar-refractivity contribution in [1.29, 1.82) is 0 Å². The normalized spacial score (nSPS) is 17.5. The Bertz CT molecular complexity index is 1190. The molecule has 2 aliphatic heterocycles. The number of phenols is 1. The molecule has 0 aliphatic carbocycles. The Kier molecular flexibility index (Phi) is 5.55. The minimum atomic E-state index is -0.193. The van der Waals surface area contributed by atoms with Gasteiger partial charge in [-0.15, -0.1) is 0 Å². The van der Waals surface area contributed by atoms with Crippen molar-refractivity contribution in [3.05, 3.63) is 88.3 Å². The van der Waals surface area contributed by atoms with E-state index in [1.54, 1.807) is 36.5 Å². The number of pyridine rings is 1. The Balaban J connectivity index is 1.34. The number of piperazine rings is 1. The summed E-state index contributed by atoms with van der Waals surface area (Å²) in [5.41, 5.74) is 1.89. The molecule has 0 unspecified atom stereocenters. The number of halogens is 1. The van der Waals surface area contributed by atoms with E-state index in [-0.39, 0.29) is 17.3 Å². The van der Waals surface area contributed by atoms with E-state index in [4.69, 9.17) is 16.3 Å². The van der Waals surface area contributed by atoms with Gasteiger partial charge in [-0.25, -0.2) is 4.98 Å². The van der Waals surface area contributed by atoms with E-state index in [9.17, 15) is 9.90 Å². The average molecular weight is 448 g/mol. The number of nitrogens with zero attached hydrogens (tertiary/aromatic N) is 3. The second-order valence-corrected chi connectivity index (χ2v) is 8.32. The van der Waals surface area contributed by atoms with Crippen LogP contribution in [0.2, 0.25) is 5.02 Å². The molecule has 1 saturated heterocycles. The number of anilines is 1. The van der Waals surface area contributed by atoms with Crippen LogP contribution in [0.1, 0.15) is 21.5 Å². The fraction of sp³-hybridized carbons (Fsp3) is 0.200. The van der Waals surface area contributed by atoms with Gasteiger partial charge in [-0.2, -0.15) is 0 Å². The number of Topliss-reactive ketones (excluding diaryl/α,β-unsaturated/α-hetero) is 1. The van der Waals surface area contributed by atoms with Gasteiger partial charge in [-0.05, 0) is 48.0 Å². The number of allylic oxidation sites excluding steroid dienone is 1. The summed E-state index contributed by atoms with van der Waals surface area (Å²) in [5, 5.41) is 11.1. The van der Waals surface area contributed by atoms with E-state index < -0.39 is 0 Å². The number of ketones is 1. The average Bonchev–Trinajstić information content (AvgIpc) is 3.12. The Morgan fingerprint density at radius 1 is 1.06 bits per heavy atom. The highest BCUT2D eigenvalue weighted by Gasteiger charge is 2.32. The van der Waals surface area contributed by atoms with Crippen LogP contribution in [0.25, 0.3) is 6.08 Å². The number of hydrogen-bond donors (Lipinski definition) is 1. The van der Waals surface area contributed by atoms with Crippen LogP contribution in [0.5, 0.6) is 11.5 Å². The molecule has 0 spiro atoms. The summed E-state index contributed by atoms with van der Waals surface area (Å²) in [5.74, 6) is 1.58. The Morgan fingerprint density at radius 2 is 1.91 bits per heavy atom. The first-order chi connectivity index (χ1) is 15.6. The fourth-order valence-corrected chi connectivity index (χ4v) is 4.30. The van der Waals surface area contributed by atoms with Crippen LogP contribution >= 0.6 is 11.6 Å². The maximum absolute atomic E-state index is 12.9. The van der Waals surface area contributed by atoms with Crippen LogP contribution in [0.15, 0.2) is 66.6 Å². The smallest absolute Gasteiger partial charge is 0.231 e. The summed E-state index contributed by atoms with van der Waals surface area (Å²) in [7, 11) is 0. The van der Waals surface area contributed by atoms with E-state index in [0.717, 1.165) is 37.6 Å². The standard InChI is InChI=1S/C25H22ClN3O3/c26-18-5-3-4-17(14-18)15-22-24(31)19-7-8-21(30)20(25(19)32-22)16-28-10-12-29(13-11-28)23-6-1-2-9-27-23/h1-9,14-15,30H,10-13,16H2/b22-15-. The Labute approximate surface area is 191 Å². The maximum atomic E-state index is 12.9. The van der Waals surface area contributed by atoms with Crippen molar-refractivity contribution in [2.24, 2.45) is 0 Å². The van der Waals surface area contributed by atoms with Crippen molar-refractivity contribution < 1.29 is 14.6 Å². The fourth-order valence-electron chi connectivity index (χ4n) is 4.10. The lowest BCUT2D eigenvalue weighted by Gasteiger charge is -2.35. The predicted octanol–water partition coefficient (Wildman–Crippen LogP) is 4.38. The highest BCUT2D eigenvalue weighted by Crippen LogP contribution is 2.40. The van der Waals surface area contributed by atoms with E-state index in [1.807, 2.05) is 30.3 Å². The van der Waals surface area contributed by atoms with Crippen LogP contribution in [0.3, 0.4) is 0 Å². The molecule has 5 rings (SSSR count). The lowest BCUT2D eigenvalue weighted by Crippen LogP contribution is -2.46. The third-order valence-electron chi connectivity index (χ3n) is 5.79. The van der Waals surface area contributed by atoms with Crippen LogP contribution in [0, 0.1) is 0 Å². The van der Waals surface area contributed by atoms with Crippen molar-refractivity contribution in [1.82, 2.24) is 9.88 Å². The van der Waals surface area contributed by atoms with Gasteiger partial charge in [0.25, 0.3) is 0 Å². The van der Waals surface area contributed by atoms with Gasteiger partial charge in [0.05, 0.1) is 11.1 Å². The van der Waals surface area contributed by atoms with Gasteiger partial charge in [0, 0.05) is 43.9 Å². The van der Waals surface area contributed by atoms with Crippen LogP contribution < -0.4 is 9.64 Å². The molecule has 3 heterocycles. The van der Waals surface area contributed by atoms with Gasteiger partial charge in [-0.1, -0.05) is 29.8 Å². The van der Waals surface area contributed by atoms with Crippen LogP contribution in [0.4, 0.5) is 5.82 Å². The third-order valence-corrected chi connectivity index (χ3v) is 6.03. The number of fused-ring (bicyclic) bond motifs is 1. The lowest BCUT2D eigenvalue weighted by atomic mass is 10.0. The van der Waals surface area contributed by atoms with Crippen LogP contribution in [-0.2, 0) is 6.54 Å². The van der Waals surface area contributed by atoms with Gasteiger partial charge in [0.15, 0.2) is 5.76 Å². The molecule has 6 nitrogen and oxygen atoms in total. The number of rotatable bonds is 4. The SMILES string of the molecule is O=C1/C(=C/c2cccc(Cl)c2)Oc2c1ccc(O)c2CN1CCN(c2ccccn2)CC1. The van der Waals surface area contributed by atoms with E-state index in [0.29, 0.717) is 28.4 Å². The molecule has 3 aromatic rings. The van der Waals surface area contributed by atoms with Gasteiger partial charge in [0.1, 0.15) is 17.3 Å². The zero-order chi connectivity index (χ0) is 22.1. The highest BCUT2D eigenvalue weighted by atomic mass is 35.5. The minimum Gasteiger partial charge on any atom is -0.507 e. The molecule has 7 heteroatoms. The summed E-state index contributed by atoms with van der Waals surface area (Å²) >= 11 is 6.06. The van der Waals surface area contributed by atoms with E-state index >= 15 is 0 Å². The van der Waals surface area contributed by atoms with Gasteiger partial charge >= 0.3 is 0 Å². The largest absolute Gasteiger partial charge is 0.507 e. The lowest BCUT2D eigenvalue weighted by molar-refractivity contribution is 0.101. The number of aromatic hydroxyl groups is 1. The summed E-state index contributed by atoms with van der Waals surface area (Å²) in [6, 6.07) is 16.3. The first kappa shape index (κ1) is 20.5. The highest BCUT2D eigenvalue weighted by molar-refractivity contribution is 6.30. The molecule has 1 aromatic heterocycles. The summed E-state index contributed by atoms with van der Waals surface area (Å²) in [6.45, 7) is 3.82. The van der Waals surface area contributed by atoms with Gasteiger partial charge < -0.3 is 14.7 Å². The number of hydrogen-bond acceptors (Lipinski definition) is 6. The van der Waals surface area contributed by atoms with Gasteiger partial charge in [0.2, 0.25) is 5.78 Å². The summed E-state index contributed by atoms with van der Waals surface area (Å²) in [4.78, 5) is 21.8. The molecule has 1 N–H and O–H groups in total. The molecule has 0 radical (unpaired) electrons. The van der Waals surface area contributed by atoms with E-state index in [1.165, 1.54) is 0 Å². The molecule has 162 valence electrons. The van der Waals surface area contributed by atoms with Crippen LogP contribution in [-0.4, -0.2) is 47.0 Å². The Morgan fingerprint density at radius 3 is 2.66 bits per heavy atom. The number of benzene rings is 2.